The molecule has 0 bridgehead atoms. The molecule has 18 heavy (non-hydrogen) atoms. The van der Waals surface area contributed by atoms with Gasteiger partial charge < -0.3 is 5.32 Å². The van der Waals surface area contributed by atoms with Crippen LogP contribution in [0.4, 0.5) is 0 Å². The average molecular weight is 283 g/mol. The minimum absolute atomic E-state index is 0.456. The molecule has 3 nitrogen and oxygen atoms in total. The van der Waals surface area contributed by atoms with E-state index in [4.69, 9.17) is 0 Å². The van der Waals surface area contributed by atoms with Crippen LogP contribution in [-0.2, 0) is 0 Å². The van der Waals surface area contributed by atoms with Gasteiger partial charge in [-0.25, -0.2) is 4.98 Å². The van der Waals surface area contributed by atoms with E-state index in [1.54, 1.807) is 11.3 Å². The van der Waals surface area contributed by atoms with E-state index in [1.165, 1.54) is 11.4 Å². The van der Waals surface area contributed by atoms with Crippen LogP contribution in [0.5, 0.6) is 0 Å². The Hall–Kier alpha value is -0.550. The van der Waals surface area contributed by atoms with Gasteiger partial charge in [0.2, 0.25) is 0 Å². The van der Waals surface area contributed by atoms with Crippen LogP contribution in [0.3, 0.4) is 0 Å². The van der Waals surface area contributed by atoms with Gasteiger partial charge in [0.1, 0.15) is 0 Å². The zero-order valence-corrected chi connectivity index (χ0v) is 12.9. The molecule has 1 aromatic heterocycles. The molecule has 0 amide bonds. The van der Waals surface area contributed by atoms with Crippen LogP contribution in [0, 0.1) is 5.92 Å². The molecule has 1 aliphatic rings. The van der Waals surface area contributed by atoms with Gasteiger partial charge >= 0.3 is 0 Å². The maximum Gasteiger partial charge on any atom is 0.156 e. The van der Waals surface area contributed by atoms with E-state index in [2.05, 4.69) is 36.1 Å². The number of hydrogen-bond acceptors (Lipinski definition) is 5. The maximum absolute atomic E-state index is 4.57. The molecule has 0 aromatic carbocycles. The predicted octanol–water partition coefficient (Wildman–Crippen LogP) is 3.35. The number of rotatable bonds is 5. The van der Waals surface area contributed by atoms with E-state index in [9.17, 15) is 0 Å². The summed E-state index contributed by atoms with van der Waals surface area (Å²) in [7, 11) is 0. The first kappa shape index (κ1) is 13.9. The molecule has 5 heteroatoms. The van der Waals surface area contributed by atoms with Crippen LogP contribution in [0.2, 0.25) is 0 Å². The third-order valence-electron chi connectivity index (χ3n) is 2.88. The zero-order valence-electron chi connectivity index (χ0n) is 11.2. The molecule has 100 valence electrons. The Morgan fingerprint density at radius 3 is 2.94 bits per heavy atom. The van der Waals surface area contributed by atoms with Crippen LogP contribution in [-0.4, -0.2) is 28.5 Å². The number of thiazole rings is 1. The summed E-state index contributed by atoms with van der Waals surface area (Å²) in [6.07, 6.45) is 3.12. The molecule has 0 radical (unpaired) electrons. The first-order valence-electron chi connectivity index (χ1n) is 6.49. The summed E-state index contributed by atoms with van der Waals surface area (Å²) in [5, 5.41) is 8.47. The summed E-state index contributed by atoms with van der Waals surface area (Å²) >= 11 is 3.62. The van der Waals surface area contributed by atoms with Crippen LogP contribution in [0.25, 0.3) is 0 Å². The van der Waals surface area contributed by atoms with Crippen LogP contribution >= 0.6 is 23.1 Å². The molecule has 2 atom stereocenters. The molecular formula is C13H21N3S2. The Bertz CT molecular complexity index is 387. The van der Waals surface area contributed by atoms with Gasteiger partial charge in [-0.3, -0.25) is 4.99 Å². The van der Waals surface area contributed by atoms with Crippen molar-refractivity contribution in [1.82, 2.24) is 10.3 Å². The van der Waals surface area contributed by atoms with Gasteiger partial charge in [0, 0.05) is 29.3 Å². The molecular weight excluding hydrogens is 262 g/mol. The Morgan fingerprint density at radius 2 is 2.28 bits per heavy atom. The highest BCUT2D eigenvalue weighted by atomic mass is 32.2. The fourth-order valence-corrected chi connectivity index (χ4v) is 3.93. The smallest absolute Gasteiger partial charge is 0.156 e. The molecule has 1 aromatic rings. The van der Waals surface area contributed by atoms with Crippen molar-refractivity contribution in [1.29, 1.82) is 0 Å². The summed E-state index contributed by atoms with van der Waals surface area (Å²) in [5.74, 6) is 1.21. The molecule has 2 rings (SSSR count). The molecule has 0 aliphatic carbocycles. The summed E-state index contributed by atoms with van der Waals surface area (Å²) in [5.41, 5.74) is 0. The van der Waals surface area contributed by atoms with E-state index >= 15 is 0 Å². The number of hydrogen-bond donors (Lipinski definition) is 1. The Labute approximate surface area is 118 Å². The van der Waals surface area contributed by atoms with Crippen LogP contribution < -0.4 is 5.32 Å². The maximum atomic E-state index is 4.57. The van der Waals surface area contributed by atoms with Gasteiger partial charge in [0.05, 0.1) is 11.6 Å². The number of aliphatic imine (C=N–C) groups is 1. The van der Waals surface area contributed by atoms with Crippen molar-refractivity contribution >= 4 is 28.3 Å². The lowest BCUT2D eigenvalue weighted by Crippen LogP contribution is -2.24. The largest absolute Gasteiger partial charge is 0.364 e. The van der Waals surface area contributed by atoms with Gasteiger partial charge in [-0.05, 0) is 12.3 Å². The highest BCUT2D eigenvalue weighted by Crippen LogP contribution is 2.26. The van der Waals surface area contributed by atoms with Gasteiger partial charge in [0.25, 0.3) is 0 Å². The topological polar surface area (TPSA) is 37.3 Å². The minimum atomic E-state index is 0.456. The van der Waals surface area contributed by atoms with E-state index in [1.807, 2.05) is 23.3 Å². The summed E-state index contributed by atoms with van der Waals surface area (Å²) in [6, 6.07) is 0. The molecule has 2 unspecified atom stereocenters. The lowest BCUT2D eigenvalue weighted by atomic mass is 10.1. The molecule has 0 spiro atoms. The van der Waals surface area contributed by atoms with Crippen molar-refractivity contribution in [2.24, 2.45) is 10.9 Å². The third kappa shape index (κ3) is 3.99. The van der Waals surface area contributed by atoms with E-state index in [0.717, 1.165) is 24.2 Å². The Balaban J connectivity index is 1.72. The number of amidine groups is 1. The van der Waals surface area contributed by atoms with Crippen molar-refractivity contribution < 1.29 is 0 Å². The Morgan fingerprint density at radius 1 is 1.44 bits per heavy atom. The lowest BCUT2D eigenvalue weighted by Gasteiger charge is -2.13. The average Bonchev–Trinajstić information content (AvgIpc) is 2.95. The number of nitrogens with zero attached hydrogens (tertiary/aromatic N) is 2. The second-order valence-corrected chi connectivity index (χ2v) is 7.38. The van der Waals surface area contributed by atoms with Gasteiger partial charge in [-0.1, -0.05) is 32.5 Å². The van der Waals surface area contributed by atoms with E-state index < -0.39 is 0 Å². The molecule has 0 saturated heterocycles. The quantitative estimate of drug-likeness (QED) is 0.900. The number of thioether (sulfide) groups is 1. The Kier molecular flexibility index (Phi) is 5.06. The summed E-state index contributed by atoms with van der Waals surface area (Å²) in [4.78, 5) is 8.92. The molecule has 2 heterocycles. The van der Waals surface area contributed by atoms with E-state index in [0.29, 0.717) is 11.2 Å². The molecule has 0 saturated carbocycles. The SMILES string of the molecule is CC(C)CC1CN=C(NCC(C)c2nccs2)S1. The van der Waals surface area contributed by atoms with Crippen molar-refractivity contribution in [2.45, 2.75) is 38.4 Å². The fourth-order valence-electron chi connectivity index (χ4n) is 1.97. The third-order valence-corrected chi connectivity index (χ3v) is 5.06. The molecule has 0 fully saturated rings. The monoisotopic (exact) mass is 283 g/mol. The number of nitrogens with one attached hydrogen (secondary N) is 1. The van der Waals surface area contributed by atoms with Crippen molar-refractivity contribution in [3.8, 4) is 0 Å². The van der Waals surface area contributed by atoms with Gasteiger partial charge in [-0.15, -0.1) is 11.3 Å². The summed E-state index contributed by atoms with van der Waals surface area (Å²) < 4.78 is 0. The highest BCUT2D eigenvalue weighted by molar-refractivity contribution is 8.14. The lowest BCUT2D eigenvalue weighted by molar-refractivity contribution is 0.575. The minimum Gasteiger partial charge on any atom is -0.364 e. The van der Waals surface area contributed by atoms with Gasteiger partial charge in [-0.2, -0.15) is 0 Å². The second-order valence-electron chi connectivity index (χ2n) is 5.17. The van der Waals surface area contributed by atoms with Crippen molar-refractivity contribution in [3.05, 3.63) is 16.6 Å². The normalized spacial score (nSPS) is 21.1. The van der Waals surface area contributed by atoms with Gasteiger partial charge in [0.15, 0.2) is 5.17 Å². The highest BCUT2D eigenvalue weighted by Gasteiger charge is 2.20. The second kappa shape index (κ2) is 6.57. The zero-order chi connectivity index (χ0) is 13.0. The molecule has 1 aliphatic heterocycles. The predicted molar refractivity (Wildman–Crippen MR) is 81.7 cm³/mol. The van der Waals surface area contributed by atoms with Crippen molar-refractivity contribution in [3.63, 3.8) is 0 Å². The van der Waals surface area contributed by atoms with Crippen LogP contribution in [0.1, 0.15) is 38.1 Å². The van der Waals surface area contributed by atoms with E-state index in [-0.39, 0.29) is 0 Å². The standard InChI is InChI=1S/C13H21N3S2/c1-9(2)6-11-8-16-13(18-11)15-7-10(3)12-14-4-5-17-12/h4-5,9-11H,6-8H2,1-3H3,(H,15,16). The van der Waals surface area contributed by atoms with Crippen LogP contribution in [0.15, 0.2) is 16.6 Å². The first-order valence-corrected chi connectivity index (χ1v) is 8.25. The fraction of sp³-hybridized carbons (Fsp3) is 0.692. The van der Waals surface area contributed by atoms with Crippen molar-refractivity contribution in [2.75, 3.05) is 13.1 Å². The first-order chi connectivity index (χ1) is 8.65. The number of aromatic nitrogens is 1. The molecule has 1 N–H and O–H groups in total. The summed E-state index contributed by atoms with van der Waals surface area (Å²) in [6.45, 7) is 8.65.